The fraction of sp³-hybridized carbons (Fsp3) is 0.188. The summed E-state index contributed by atoms with van der Waals surface area (Å²) in [6.45, 7) is 1.90. The highest BCUT2D eigenvalue weighted by Gasteiger charge is 2.11. The number of rotatable bonds is 6. The molecule has 0 aliphatic rings. The van der Waals surface area contributed by atoms with Gasteiger partial charge in [0.2, 0.25) is 0 Å². The van der Waals surface area contributed by atoms with E-state index >= 15 is 0 Å². The molecule has 0 amide bonds. The molecular weight excluding hydrogens is 320 g/mol. The lowest BCUT2D eigenvalue weighted by Gasteiger charge is -2.03. The molecule has 0 saturated carbocycles. The molecule has 0 atom stereocenters. The second-order valence-corrected chi connectivity index (χ2v) is 6.99. The zero-order valence-corrected chi connectivity index (χ0v) is 13.7. The van der Waals surface area contributed by atoms with Gasteiger partial charge in [-0.3, -0.25) is 0 Å². The van der Waals surface area contributed by atoms with E-state index in [2.05, 4.69) is 9.93 Å². The molecule has 0 fully saturated rings. The molecule has 0 aliphatic carbocycles. The van der Waals surface area contributed by atoms with Gasteiger partial charge in [0.05, 0.1) is 4.90 Å². The highest BCUT2D eigenvalue weighted by atomic mass is 35.5. The number of nitrogens with one attached hydrogen (secondary N) is 1. The van der Waals surface area contributed by atoms with Crippen LogP contribution >= 0.6 is 11.6 Å². The first-order valence-electron chi connectivity index (χ1n) is 6.82. The number of halogens is 1. The van der Waals surface area contributed by atoms with Crippen molar-refractivity contribution >= 4 is 27.8 Å². The van der Waals surface area contributed by atoms with Crippen LogP contribution in [0.25, 0.3) is 0 Å². The zero-order chi connectivity index (χ0) is 16.0. The Balaban J connectivity index is 1.88. The van der Waals surface area contributed by atoms with Crippen LogP contribution in [0.4, 0.5) is 0 Å². The summed E-state index contributed by atoms with van der Waals surface area (Å²) in [7, 11) is -3.60. The standard InChI is InChI=1S/C16H17ClN2O2S/c1-13-7-9-16(10-8-13)22(20,21)19-18-11-3-5-14-4-2-6-15(17)12-14/h2,4,6-12,19H,3,5H2,1H3/b18-11+. The van der Waals surface area contributed by atoms with Crippen LogP contribution in [-0.4, -0.2) is 14.6 Å². The van der Waals surface area contributed by atoms with Gasteiger partial charge >= 0.3 is 0 Å². The molecule has 116 valence electrons. The highest BCUT2D eigenvalue weighted by molar-refractivity contribution is 7.89. The van der Waals surface area contributed by atoms with E-state index in [0.717, 1.165) is 17.5 Å². The van der Waals surface area contributed by atoms with Gasteiger partial charge in [0.25, 0.3) is 10.0 Å². The van der Waals surface area contributed by atoms with Crippen LogP contribution in [0.3, 0.4) is 0 Å². The second kappa shape index (κ2) is 7.42. The van der Waals surface area contributed by atoms with Crippen LogP contribution in [-0.2, 0) is 16.4 Å². The smallest absolute Gasteiger partial charge is 0.200 e. The van der Waals surface area contributed by atoms with Gasteiger partial charge < -0.3 is 0 Å². The van der Waals surface area contributed by atoms with Gasteiger partial charge in [-0.2, -0.15) is 13.5 Å². The summed E-state index contributed by atoms with van der Waals surface area (Å²) in [6.07, 6.45) is 2.92. The van der Waals surface area contributed by atoms with E-state index in [1.165, 1.54) is 0 Å². The van der Waals surface area contributed by atoms with Crippen molar-refractivity contribution in [2.75, 3.05) is 0 Å². The van der Waals surface area contributed by atoms with Crippen LogP contribution in [0, 0.1) is 6.92 Å². The molecule has 0 saturated heterocycles. The topological polar surface area (TPSA) is 58.5 Å². The fourth-order valence-electron chi connectivity index (χ4n) is 1.87. The highest BCUT2D eigenvalue weighted by Crippen LogP contribution is 2.12. The van der Waals surface area contributed by atoms with Crippen molar-refractivity contribution < 1.29 is 8.42 Å². The Kier molecular flexibility index (Phi) is 5.57. The summed E-state index contributed by atoms with van der Waals surface area (Å²) in [6, 6.07) is 14.2. The van der Waals surface area contributed by atoms with Gasteiger partial charge in [-0.15, -0.1) is 0 Å². The zero-order valence-electron chi connectivity index (χ0n) is 12.2. The minimum absolute atomic E-state index is 0.199. The SMILES string of the molecule is Cc1ccc(S(=O)(=O)N/N=C/CCc2cccc(Cl)c2)cc1. The fourth-order valence-corrected chi connectivity index (χ4v) is 2.89. The monoisotopic (exact) mass is 336 g/mol. The molecule has 0 heterocycles. The molecule has 0 aromatic heterocycles. The summed E-state index contributed by atoms with van der Waals surface area (Å²) < 4.78 is 24.0. The number of sulfonamides is 1. The van der Waals surface area contributed by atoms with Gasteiger partial charge in [-0.1, -0.05) is 41.4 Å². The molecule has 2 aromatic rings. The van der Waals surface area contributed by atoms with Crippen LogP contribution in [0.15, 0.2) is 58.5 Å². The maximum Gasteiger partial charge on any atom is 0.276 e. The van der Waals surface area contributed by atoms with Crippen LogP contribution in [0.1, 0.15) is 17.5 Å². The largest absolute Gasteiger partial charge is 0.276 e. The van der Waals surface area contributed by atoms with E-state index in [1.807, 2.05) is 31.2 Å². The van der Waals surface area contributed by atoms with E-state index in [-0.39, 0.29) is 4.90 Å². The van der Waals surface area contributed by atoms with Crippen LogP contribution in [0.5, 0.6) is 0 Å². The molecule has 0 radical (unpaired) electrons. The van der Waals surface area contributed by atoms with E-state index in [1.54, 1.807) is 30.5 Å². The molecule has 0 aliphatic heterocycles. The molecule has 0 spiro atoms. The van der Waals surface area contributed by atoms with E-state index < -0.39 is 10.0 Å². The van der Waals surface area contributed by atoms with Gasteiger partial charge in [0.1, 0.15) is 0 Å². The average molecular weight is 337 g/mol. The molecule has 2 aromatic carbocycles. The minimum Gasteiger partial charge on any atom is -0.200 e. The van der Waals surface area contributed by atoms with Crippen molar-refractivity contribution in [3.05, 3.63) is 64.7 Å². The Bertz CT molecular complexity index is 756. The van der Waals surface area contributed by atoms with Gasteiger partial charge in [-0.25, -0.2) is 4.83 Å². The molecule has 22 heavy (non-hydrogen) atoms. The quantitative estimate of drug-likeness (QED) is 0.648. The molecule has 2 rings (SSSR count). The number of aryl methyl sites for hydroxylation is 2. The van der Waals surface area contributed by atoms with E-state index in [9.17, 15) is 8.42 Å². The van der Waals surface area contributed by atoms with Crippen molar-refractivity contribution in [2.45, 2.75) is 24.7 Å². The van der Waals surface area contributed by atoms with Crippen molar-refractivity contribution in [1.82, 2.24) is 4.83 Å². The summed E-state index contributed by atoms with van der Waals surface area (Å²) in [5.74, 6) is 0. The molecule has 1 N–H and O–H groups in total. The van der Waals surface area contributed by atoms with Gasteiger partial charge in [0.15, 0.2) is 0 Å². The number of nitrogens with zero attached hydrogens (tertiary/aromatic N) is 1. The molecule has 0 bridgehead atoms. The van der Waals surface area contributed by atoms with Crippen molar-refractivity contribution in [1.29, 1.82) is 0 Å². The predicted molar refractivity (Wildman–Crippen MR) is 89.8 cm³/mol. The maximum atomic E-state index is 12.0. The maximum absolute atomic E-state index is 12.0. The van der Waals surface area contributed by atoms with E-state index in [0.29, 0.717) is 11.4 Å². The first kappa shape index (κ1) is 16.5. The lowest BCUT2D eigenvalue weighted by Crippen LogP contribution is -2.18. The number of benzene rings is 2. The van der Waals surface area contributed by atoms with E-state index in [4.69, 9.17) is 11.6 Å². The first-order chi connectivity index (χ1) is 10.5. The summed E-state index contributed by atoms with van der Waals surface area (Å²) in [4.78, 5) is 2.41. The molecular formula is C16H17ClN2O2S. The predicted octanol–water partition coefficient (Wildman–Crippen LogP) is 3.55. The summed E-state index contributed by atoms with van der Waals surface area (Å²) in [5.41, 5.74) is 2.09. The van der Waals surface area contributed by atoms with Crippen LogP contribution < -0.4 is 4.83 Å². The lowest BCUT2D eigenvalue weighted by molar-refractivity contribution is 0.584. The minimum atomic E-state index is -3.60. The van der Waals surface area contributed by atoms with Gasteiger partial charge in [-0.05, 0) is 49.6 Å². The number of hydrogen-bond acceptors (Lipinski definition) is 3. The third-order valence-electron chi connectivity index (χ3n) is 3.05. The molecule has 6 heteroatoms. The Labute approximate surface area is 135 Å². The normalized spacial score (nSPS) is 11.7. The third-order valence-corrected chi connectivity index (χ3v) is 4.52. The Morgan fingerprint density at radius 3 is 2.59 bits per heavy atom. The van der Waals surface area contributed by atoms with Crippen LogP contribution in [0.2, 0.25) is 5.02 Å². The van der Waals surface area contributed by atoms with Crippen molar-refractivity contribution in [3.63, 3.8) is 0 Å². The summed E-state index contributed by atoms with van der Waals surface area (Å²) in [5, 5.41) is 4.47. The Hall–Kier alpha value is -1.85. The average Bonchev–Trinajstić information content (AvgIpc) is 2.47. The third kappa shape index (κ3) is 4.86. The lowest BCUT2D eigenvalue weighted by atomic mass is 10.1. The molecule has 4 nitrogen and oxygen atoms in total. The van der Waals surface area contributed by atoms with Crippen molar-refractivity contribution in [2.24, 2.45) is 5.10 Å². The Morgan fingerprint density at radius 2 is 1.91 bits per heavy atom. The van der Waals surface area contributed by atoms with Gasteiger partial charge in [0, 0.05) is 11.2 Å². The molecule has 0 unspecified atom stereocenters. The first-order valence-corrected chi connectivity index (χ1v) is 8.68. The Morgan fingerprint density at radius 1 is 1.18 bits per heavy atom. The summed E-state index contributed by atoms with van der Waals surface area (Å²) >= 11 is 5.90. The number of hydrazone groups is 1. The van der Waals surface area contributed by atoms with Crippen molar-refractivity contribution in [3.8, 4) is 0 Å². The number of hydrogen-bond donors (Lipinski definition) is 1. The second-order valence-electron chi connectivity index (χ2n) is 4.89.